The number of nitrogens with one attached hydrogen (secondary N) is 1. The first kappa shape index (κ1) is 18.8. The maximum atomic E-state index is 12.2. The van der Waals surface area contributed by atoms with Crippen LogP contribution in [0.2, 0.25) is 0 Å². The van der Waals surface area contributed by atoms with Crippen molar-refractivity contribution in [2.75, 3.05) is 6.61 Å². The first-order chi connectivity index (χ1) is 10.9. The van der Waals surface area contributed by atoms with E-state index in [2.05, 4.69) is 15.3 Å². The number of hydrogen-bond donors (Lipinski definition) is 2. The van der Waals surface area contributed by atoms with Gasteiger partial charge >= 0.3 is 0 Å². The van der Waals surface area contributed by atoms with Crippen molar-refractivity contribution in [1.82, 2.24) is 10.3 Å². The van der Waals surface area contributed by atoms with Crippen LogP contribution in [0.3, 0.4) is 0 Å². The van der Waals surface area contributed by atoms with Crippen molar-refractivity contribution in [1.29, 1.82) is 5.26 Å². The lowest BCUT2D eigenvalue weighted by atomic mass is 9.99. The third-order valence-electron chi connectivity index (χ3n) is 3.63. The SMILES string of the molecule is CCC(C)(C)N=C(Cc1cnccc1C(=O)CCCO)NC#N. The van der Waals surface area contributed by atoms with Crippen molar-refractivity contribution in [3.8, 4) is 6.19 Å². The number of carbonyl (C=O) groups is 1. The number of aliphatic imine (C=N–C) groups is 1. The van der Waals surface area contributed by atoms with Crippen LogP contribution in [0.15, 0.2) is 23.5 Å². The maximum absolute atomic E-state index is 12.2. The van der Waals surface area contributed by atoms with Crippen molar-refractivity contribution in [3.05, 3.63) is 29.6 Å². The molecule has 0 aliphatic carbocycles. The molecule has 0 saturated carbocycles. The number of pyridine rings is 1. The molecule has 6 nitrogen and oxygen atoms in total. The molecule has 0 radical (unpaired) electrons. The van der Waals surface area contributed by atoms with Crippen molar-refractivity contribution < 1.29 is 9.90 Å². The van der Waals surface area contributed by atoms with Crippen LogP contribution in [0.5, 0.6) is 0 Å². The van der Waals surface area contributed by atoms with Gasteiger partial charge in [0.2, 0.25) is 0 Å². The van der Waals surface area contributed by atoms with Crippen LogP contribution >= 0.6 is 0 Å². The Morgan fingerprint density at radius 1 is 1.52 bits per heavy atom. The number of carbonyl (C=O) groups excluding carboxylic acids is 1. The van der Waals surface area contributed by atoms with Gasteiger partial charge in [-0.3, -0.25) is 20.1 Å². The fourth-order valence-corrected chi connectivity index (χ4v) is 2.02. The average molecular weight is 316 g/mol. The molecule has 0 fully saturated rings. The molecule has 0 aromatic carbocycles. The van der Waals surface area contributed by atoms with Crippen LogP contribution < -0.4 is 5.32 Å². The molecule has 0 aliphatic heterocycles. The summed E-state index contributed by atoms with van der Waals surface area (Å²) in [5.74, 6) is 0.478. The van der Waals surface area contributed by atoms with E-state index in [1.165, 1.54) is 0 Å². The van der Waals surface area contributed by atoms with Gasteiger partial charge in [0.15, 0.2) is 12.0 Å². The smallest absolute Gasteiger partial charge is 0.182 e. The Balaban J connectivity index is 3.06. The first-order valence-corrected chi connectivity index (χ1v) is 7.74. The molecule has 2 N–H and O–H groups in total. The number of nitrogens with zero attached hydrogens (tertiary/aromatic N) is 3. The van der Waals surface area contributed by atoms with Crippen LogP contribution in [0.25, 0.3) is 0 Å². The van der Waals surface area contributed by atoms with Gasteiger partial charge < -0.3 is 5.11 Å². The minimum Gasteiger partial charge on any atom is -0.396 e. The molecule has 0 unspecified atom stereocenters. The van der Waals surface area contributed by atoms with E-state index < -0.39 is 0 Å². The van der Waals surface area contributed by atoms with Crippen molar-refractivity contribution in [3.63, 3.8) is 0 Å². The van der Waals surface area contributed by atoms with Gasteiger partial charge in [-0.15, -0.1) is 0 Å². The number of aliphatic hydroxyl groups excluding tert-OH is 1. The number of Topliss-reactive ketones (excluding diaryl/α,β-unsaturated/α-hetero) is 1. The van der Waals surface area contributed by atoms with Gasteiger partial charge in [0, 0.05) is 37.4 Å². The Morgan fingerprint density at radius 2 is 2.26 bits per heavy atom. The summed E-state index contributed by atoms with van der Waals surface area (Å²) in [7, 11) is 0. The van der Waals surface area contributed by atoms with E-state index in [4.69, 9.17) is 10.4 Å². The van der Waals surface area contributed by atoms with E-state index in [0.29, 0.717) is 24.2 Å². The Labute approximate surface area is 137 Å². The van der Waals surface area contributed by atoms with E-state index in [9.17, 15) is 4.79 Å². The number of aliphatic hydroxyl groups is 1. The molecule has 0 atom stereocenters. The van der Waals surface area contributed by atoms with Crippen LogP contribution in [0.4, 0.5) is 0 Å². The molecule has 0 amide bonds. The van der Waals surface area contributed by atoms with E-state index in [-0.39, 0.29) is 24.3 Å². The lowest BCUT2D eigenvalue weighted by Gasteiger charge is -2.19. The van der Waals surface area contributed by atoms with Crippen molar-refractivity contribution in [2.24, 2.45) is 4.99 Å². The van der Waals surface area contributed by atoms with Crippen molar-refractivity contribution >= 4 is 11.6 Å². The molecule has 1 heterocycles. The van der Waals surface area contributed by atoms with Crippen molar-refractivity contribution in [2.45, 2.75) is 52.0 Å². The molecule has 0 aliphatic rings. The topological polar surface area (TPSA) is 98.4 Å². The Hall–Kier alpha value is -2.26. The Kier molecular flexibility index (Phi) is 7.36. The molecular weight excluding hydrogens is 292 g/mol. The fraction of sp³-hybridized carbons (Fsp3) is 0.529. The van der Waals surface area contributed by atoms with Crippen LogP contribution in [-0.2, 0) is 6.42 Å². The lowest BCUT2D eigenvalue weighted by Crippen LogP contribution is -2.27. The number of rotatable bonds is 8. The molecule has 1 rings (SSSR count). The minimum atomic E-state index is -0.289. The van der Waals surface area contributed by atoms with Gasteiger partial charge in [0.25, 0.3) is 0 Å². The largest absolute Gasteiger partial charge is 0.396 e. The van der Waals surface area contributed by atoms with E-state index in [1.807, 2.05) is 27.0 Å². The third kappa shape index (κ3) is 6.17. The summed E-state index contributed by atoms with van der Waals surface area (Å²) in [6.07, 6.45) is 6.98. The summed E-state index contributed by atoms with van der Waals surface area (Å²) in [6.45, 7) is 5.99. The number of nitriles is 1. The number of aromatic nitrogens is 1. The zero-order valence-corrected chi connectivity index (χ0v) is 14.0. The molecule has 124 valence electrons. The van der Waals surface area contributed by atoms with Gasteiger partial charge in [-0.25, -0.2) is 0 Å². The molecular formula is C17H24N4O2. The standard InChI is InChI=1S/C17H24N4O2/c1-4-17(2,3)21-16(20-12-18)10-13-11-19-8-7-14(13)15(23)6-5-9-22/h7-8,11,22H,4-6,9-10H2,1-3H3,(H,20,21). The summed E-state index contributed by atoms with van der Waals surface area (Å²) < 4.78 is 0. The third-order valence-corrected chi connectivity index (χ3v) is 3.63. The summed E-state index contributed by atoms with van der Waals surface area (Å²) in [5, 5.41) is 20.4. The highest BCUT2D eigenvalue weighted by molar-refractivity contribution is 5.99. The molecule has 0 spiro atoms. The van der Waals surface area contributed by atoms with E-state index in [1.54, 1.807) is 18.5 Å². The second kappa shape index (κ2) is 9.01. The van der Waals surface area contributed by atoms with Gasteiger partial charge in [-0.05, 0) is 38.3 Å². The molecule has 6 heteroatoms. The second-order valence-corrected chi connectivity index (χ2v) is 5.92. The summed E-state index contributed by atoms with van der Waals surface area (Å²) in [5.41, 5.74) is 1.00. The summed E-state index contributed by atoms with van der Waals surface area (Å²) in [6, 6.07) is 1.67. The molecule has 23 heavy (non-hydrogen) atoms. The Morgan fingerprint density at radius 3 is 2.87 bits per heavy atom. The second-order valence-electron chi connectivity index (χ2n) is 5.92. The van der Waals surface area contributed by atoms with Gasteiger partial charge in [-0.1, -0.05) is 6.92 Å². The number of amidine groups is 1. The van der Waals surface area contributed by atoms with Crippen LogP contribution in [-0.4, -0.2) is 33.9 Å². The average Bonchev–Trinajstić information content (AvgIpc) is 2.53. The van der Waals surface area contributed by atoms with Gasteiger partial charge in [-0.2, -0.15) is 5.26 Å². The fourth-order valence-electron chi connectivity index (χ4n) is 2.02. The highest BCUT2D eigenvalue weighted by atomic mass is 16.3. The first-order valence-electron chi connectivity index (χ1n) is 7.74. The number of ketones is 1. The molecule has 0 bridgehead atoms. The minimum absolute atomic E-state index is 0.0143. The Bertz CT molecular complexity index is 603. The summed E-state index contributed by atoms with van der Waals surface area (Å²) in [4.78, 5) is 20.9. The van der Waals surface area contributed by atoms with Crippen LogP contribution in [0.1, 0.15) is 56.0 Å². The maximum Gasteiger partial charge on any atom is 0.182 e. The van der Waals surface area contributed by atoms with Gasteiger partial charge in [0.1, 0.15) is 5.84 Å². The van der Waals surface area contributed by atoms with E-state index >= 15 is 0 Å². The number of hydrogen-bond acceptors (Lipinski definition) is 5. The summed E-state index contributed by atoms with van der Waals surface area (Å²) >= 11 is 0. The van der Waals surface area contributed by atoms with E-state index in [0.717, 1.165) is 12.0 Å². The monoisotopic (exact) mass is 316 g/mol. The van der Waals surface area contributed by atoms with Crippen LogP contribution in [0, 0.1) is 11.5 Å². The molecule has 0 saturated heterocycles. The lowest BCUT2D eigenvalue weighted by molar-refractivity contribution is 0.0970. The molecule has 1 aromatic heterocycles. The molecule has 1 aromatic rings. The highest BCUT2D eigenvalue weighted by Gasteiger charge is 2.17. The highest BCUT2D eigenvalue weighted by Crippen LogP contribution is 2.16. The van der Waals surface area contributed by atoms with Gasteiger partial charge in [0.05, 0.1) is 5.54 Å². The normalized spacial score (nSPS) is 11.9. The zero-order chi connectivity index (χ0) is 17.3. The predicted molar refractivity (Wildman–Crippen MR) is 89.1 cm³/mol. The zero-order valence-electron chi connectivity index (χ0n) is 14.0. The quantitative estimate of drug-likeness (QED) is 0.252. The predicted octanol–water partition coefficient (Wildman–Crippen LogP) is 2.24.